The van der Waals surface area contributed by atoms with Gasteiger partial charge in [0.05, 0.1) is 19.3 Å². The van der Waals surface area contributed by atoms with Crippen LogP contribution < -0.4 is 5.32 Å². The first-order chi connectivity index (χ1) is 9.43. The van der Waals surface area contributed by atoms with Crippen LogP contribution in [0.3, 0.4) is 0 Å². The Morgan fingerprint density at radius 1 is 1.50 bits per heavy atom. The van der Waals surface area contributed by atoms with Crippen LogP contribution in [-0.4, -0.2) is 65.4 Å². The van der Waals surface area contributed by atoms with Gasteiger partial charge in [-0.3, -0.25) is 4.79 Å². The monoisotopic (exact) mass is 302 g/mol. The Balaban J connectivity index is 1.86. The van der Waals surface area contributed by atoms with Crippen molar-refractivity contribution in [3.05, 3.63) is 0 Å². The molecule has 2 aliphatic heterocycles. The van der Waals surface area contributed by atoms with Gasteiger partial charge < -0.3 is 20.1 Å². The summed E-state index contributed by atoms with van der Waals surface area (Å²) in [5, 5.41) is 12.0. The number of aliphatic carboxylic acids is 1. The zero-order chi connectivity index (χ0) is 14.8. The molecule has 0 aliphatic carbocycles. The number of carboxylic acids is 1. The predicted molar refractivity (Wildman–Crippen MR) is 77.0 cm³/mol. The summed E-state index contributed by atoms with van der Waals surface area (Å²) < 4.78 is 5.30. The number of carboxylic acid groups (broad SMARTS) is 1. The number of urea groups is 1. The van der Waals surface area contributed by atoms with Crippen molar-refractivity contribution in [2.24, 2.45) is 5.92 Å². The van der Waals surface area contributed by atoms with Crippen molar-refractivity contribution in [3.63, 3.8) is 0 Å². The van der Waals surface area contributed by atoms with E-state index in [-0.39, 0.29) is 24.0 Å². The van der Waals surface area contributed by atoms with Crippen molar-refractivity contribution in [1.82, 2.24) is 10.2 Å². The molecule has 2 N–H and O–H groups in total. The molecule has 3 atom stereocenters. The number of hydrogen-bond donors (Lipinski definition) is 2. The summed E-state index contributed by atoms with van der Waals surface area (Å²) in [6, 6.07) is -0.614. The van der Waals surface area contributed by atoms with Gasteiger partial charge in [-0.05, 0) is 25.5 Å². The van der Waals surface area contributed by atoms with Crippen LogP contribution in [0.25, 0.3) is 0 Å². The number of hydrogen-bond acceptors (Lipinski definition) is 4. The van der Waals surface area contributed by atoms with E-state index in [1.54, 1.807) is 7.05 Å². The molecule has 0 aromatic carbocycles. The van der Waals surface area contributed by atoms with Crippen molar-refractivity contribution >= 4 is 23.8 Å². The highest BCUT2D eigenvalue weighted by Gasteiger charge is 2.39. The first-order valence-corrected chi connectivity index (χ1v) is 7.87. The minimum absolute atomic E-state index is 0.106. The first kappa shape index (κ1) is 15.4. The molecule has 7 heteroatoms. The van der Waals surface area contributed by atoms with Gasteiger partial charge in [0.2, 0.25) is 0 Å². The van der Waals surface area contributed by atoms with Gasteiger partial charge in [-0.15, -0.1) is 0 Å². The molecule has 3 unspecified atom stereocenters. The predicted octanol–water partition coefficient (Wildman–Crippen LogP) is 1.01. The van der Waals surface area contributed by atoms with E-state index >= 15 is 0 Å². The van der Waals surface area contributed by atoms with Crippen LogP contribution >= 0.6 is 11.8 Å². The molecule has 0 radical (unpaired) electrons. The van der Waals surface area contributed by atoms with Gasteiger partial charge in [0, 0.05) is 18.3 Å². The smallest absolute Gasteiger partial charge is 0.317 e. The van der Waals surface area contributed by atoms with E-state index < -0.39 is 17.9 Å². The lowest BCUT2D eigenvalue weighted by molar-refractivity contribution is -0.142. The number of carbonyl (C=O) groups is 2. The molecular formula is C13H22N2O4S. The summed E-state index contributed by atoms with van der Waals surface area (Å²) in [6.07, 6.45) is 2.29. The lowest BCUT2D eigenvalue weighted by atomic mass is 10.0. The first-order valence-electron chi connectivity index (χ1n) is 6.88. The quantitative estimate of drug-likeness (QED) is 0.810. The van der Waals surface area contributed by atoms with E-state index in [0.29, 0.717) is 6.54 Å². The van der Waals surface area contributed by atoms with Gasteiger partial charge in [-0.25, -0.2) is 4.79 Å². The van der Waals surface area contributed by atoms with Crippen molar-refractivity contribution in [3.8, 4) is 0 Å². The van der Waals surface area contributed by atoms with E-state index in [0.717, 1.165) is 12.2 Å². The van der Waals surface area contributed by atoms with Crippen LogP contribution in [0.5, 0.6) is 0 Å². The number of ether oxygens (including phenoxy) is 1. The molecule has 2 aliphatic rings. The number of rotatable bonds is 4. The Morgan fingerprint density at radius 2 is 2.25 bits per heavy atom. The molecule has 0 aromatic rings. The third kappa shape index (κ3) is 3.38. The van der Waals surface area contributed by atoms with Crippen LogP contribution in [0.1, 0.15) is 19.8 Å². The number of nitrogens with one attached hydrogen (secondary N) is 1. The molecule has 114 valence electrons. The van der Waals surface area contributed by atoms with Crippen LogP contribution in [0.2, 0.25) is 0 Å². The molecular weight excluding hydrogens is 280 g/mol. The molecule has 2 heterocycles. The van der Waals surface area contributed by atoms with E-state index in [4.69, 9.17) is 9.84 Å². The molecule has 20 heavy (non-hydrogen) atoms. The van der Waals surface area contributed by atoms with Crippen LogP contribution in [-0.2, 0) is 9.53 Å². The molecule has 0 aromatic heterocycles. The highest BCUT2D eigenvalue weighted by molar-refractivity contribution is 8.00. The van der Waals surface area contributed by atoms with Gasteiger partial charge in [-0.2, -0.15) is 11.8 Å². The second-order valence-electron chi connectivity index (χ2n) is 5.72. The normalized spacial score (nSPS) is 33.1. The zero-order valence-corrected chi connectivity index (χ0v) is 12.7. The van der Waals surface area contributed by atoms with E-state index in [2.05, 4.69) is 12.2 Å². The van der Waals surface area contributed by atoms with Crippen molar-refractivity contribution in [2.45, 2.75) is 30.6 Å². The average molecular weight is 302 g/mol. The van der Waals surface area contributed by atoms with E-state index in [1.165, 1.54) is 11.3 Å². The maximum atomic E-state index is 12.2. The molecule has 6 nitrogen and oxygen atoms in total. The summed E-state index contributed by atoms with van der Waals surface area (Å²) >= 11 is 1.88. The van der Waals surface area contributed by atoms with Gasteiger partial charge >= 0.3 is 12.0 Å². The Morgan fingerprint density at radius 3 is 2.85 bits per heavy atom. The highest BCUT2D eigenvalue weighted by Crippen LogP contribution is 2.37. The third-order valence-corrected chi connectivity index (χ3v) is 5.64. The largest absolute Gasteiger partial charge is 0.481 e. The van der Waals surface area contributed by atoms with Gasteiger partial charge in [0.25, 0.3) is 0 Å². The standard InChI is InChI=1S/C13H22N2O4S/c1-13(4-3-5-20-13)8-14-12(18)15(2)10-7-19-6-9(10)11(16)17/h9-10H,3-8H2,1-2H3,(H,14,18)(H,16,17). The number of amides is 2. The molecule has 2 rings (SSSR count). The SMILES string of the molecule is CN(C(=O)NCC1(C)CCCS1)C1COCC1C(=O)O. The van der Waals surface area contributed by atoms with Gasteiger partial charge in [0.15, 0.2) is 0 Å². The Kier molecular flexibility index (Phi) is 4.80. The van der Waals surface area contributed by atoms with E-state index in [9.17, 15) is 9.59 Å². The summed E-state index contributed by atoms with van der Waals surface area (Å²) in [4.78, 5) is 24.7. The third-order valence-electron chi connectivity index (χ3n) is 4.10. The summed E-state index contributed by atoms with van der Waals surface area (Å²) in [5.74, 6) is -0.410. The number of carbonyl (C=O) groups excluding carboxylic acids is 1. The fourth-order valence-electron chi connectivity index (χ4n) is 2.67. The molecule has 0 bridgehead atoms. The average Bonchev–Trinajstić information content (AvgIpc) is 3.04. The second kappa shape index (κ2) is 6.22. The summed E-state index contributed by atoms with van der Waals surface area (Å²) in [5.41, 5.74) is 0. The van der Waals surface area contributed by atoms with Crippen LogP contribution in [0.4, 0.5) is 4.79 Å². The van der Waals surface area contributed by atoms with E-state index in [1.807, 2.05) is 11.8 Å². The van der Waals surface area contributed by atoms with Crippen molar-refractivity contribution in [1.29, 1.82) is 0 Å². The molecule has 0 spiro atoms. The topological polar surface area (TPSA) is 78.9 Å². The van der Waals surface area contributed by atoms with Gasteiger partial charge in [0.1, 0.15) is 5.92 Å². The Labute approximate surface area is 123 Å². The highest BCUT2D eigenvalue weighted by atomic mass is 32.2. The zero-order valence-electron chi connectivity index (χ0n) is 11.9. The summed E-state index contributed by atoms with van der Waals surface area (Å²) in [7, 11) is 1.63. The fraction of sp³-hybridized carbons (Fsp3) is 0.846. The minimum atomic E-state index is -0.912. The van der Waals surface area contributed by atoms with Gasteiger partial charge in [-0.1, -0.05) is 0 Å². The summed E-state index contributed by atoms with van der Waals surface area (Å²) in [6.45, 7) is 3.23. The fourth-order valence-corrected chi connectivity index (χ4v) is 3.92. The maximum Gasteiger partial charge on any atom is 0.317 e. The van der Waals surface area contributed by atoms with Crippen molar-refractivity contribution < 1.29 is 19.4 Å². The minimum Gasteiger partial charge on any atom is -0.481 e. The lowest BCUT2D eigenvalue weighted by Crippen LogP contribution is -2.50. The Hall–Kier alpha value is -0.950. The maximum absolute atomic E-state index is 12.2. The number of likely N-dealkylation sites (N-methyl/N-ethyl adjacent to an activating group) is 1. The number of thioether (sulfide) groups is 1. The molecule has 0 saturated carbocycles. The molecule has 2 saturated heterocycles. The number of nitrogens with zero attached hydrogens (tertiary/aromatic N) is 1. The second-order valence-corrected chi connectivity index (χ2v) is 7.40. The van der Waals surface area contributed by atoms with Crippen molar-refractivity contribution in [2.75, 3.05) is 32.6 Å². The van der Waals surface area contributed by atoms with Crippen LogP contribution in [0, 0.1) is 5.92 Å². The molecule has 2 amide bonds. The van der Waals surface area contributed by atoms with Crippen LogP contribution in [0.15, 0.2) is 0 Å². The Bertz CT molecular complexity index is 385. The lowest BCUT2D eigenvalue weighted by Gasteiger charge is -2.29. The molecule has 2 fully saturated rings.